The van der Waals surface area contributed by atoms with Crippen molar-refractivity contribution in [3.05, 3.63) is 59.7 Å². The van der Waals surface area contributed by atoms with E-state index in [1.807, 2.05) is 31.2 Å². The van der Waals surface area contributed by atoms with E-state index in [-0.39, 0.29) is 30.9 Å². The van der Waals surface area contributed by atoms with Crippen LogP contribution < -0.4 is 10.6 Å². The van der Waals surface area contributed by atoms with E-state index in [4.69, 9.17) is 9.84 Å². The van der Waals surface area contributed by atoms with E-state index in [0.29, 0.717) is 25.8 Å². The molecule has 0 saturated heterocycles. The zero-order chi connectivity index (χ0) is 25.0. The van der Waals surface area contributed by atoms with Crippen LogP contribution in [-0.4, -0.2) is 42.3 Å². The van der Waals surface area contributed by atoms with Gasteiger partial charge in [-0.1, -0.05) is 74.7 Å². The van der Waals surface area contributed by atoms with E-state index in [2.05, 4.69) is 34.9 Å². The maximum Gasteiger partial charge on any atom is 0.407 e. The largest absolute Gasteiger partial charge is 0.481 e. The first-order valence-corrected chi connectivity index (χ1v) is 12.6. The number of ether oxygens (including phenoxy) is 1. The average molecular weight is 481 g/mol. The lowest BCUT2D eigenvalue weighted by Crippen LogP contribution is -2.36. The molecular formula is C28H36N2O5. The Bertz CT molecular complexity index is 961. The number of aliphatic carboxylic acids is 1. The third-order valence-corrected chi connectivity index (χ3v) is 6.39. The molecule has 1 aliphatic carbocycles. The van der Waals surface area contributed by atoms with E-state index < -0.39 is 12.1 Å². The normalized spacial score (nSPS) is 12.9. The fraction of sp³-hybridized carbons (Fsp3) is 0.464. The monoisotopic (exact) mass is 480 g/mol. The Labute approximate surface area is 207 Å². The van der Waals surface area contributed by atoms with Gasteiger partial charge in [-0.2, -0.15) is 0 Å². The first-order chi connectivity index (χ1) is 17.0. The number of nitrogens with one attached hydrogen (secondary N) is 2. The molecule has 1 atom stereocenters. The molecule has 2 amide bonds. The van der Waals surface area contributed by atoms with E-state index in [1.54, 1.807) is 0 Å². The highest BCUT2D eigenvalue weighted by Crippen LogP contribution is 2.44. The number of amides is 2. The fourth-order valence-electron chi connectivity index (χ4n) is 4.61. The summed E-state index contributed by atoms with van der Waals surface area (Å²) in [6.07, 6.45) is 4.62. The third-order valence-electron chi connectivity index (χ3n) is 6.39. The first kappa shape index (κ1) is 26.3. The predicted octanol–water partition coefficient (Wildman–Crippen LogP) is 5.24. The number of alkyl carbamates (subject to hydrolysis) is 1. The van der Waals surface area contributed by atoms with Crippen LogP contribution in [0.1, 0.15) is 75.3 Å². The van der Waals surface area contributed by atoms with Crippen molar-refractivity contribution in [3.63, 3.8) is 0 Å². The Balaban J connectivity index is 1.32. The third kappa shape index (κ3) is 7.84. The quantitative estimate of drug-likeness (QED) is 0.321. The van der Waals surface area contributed by atoms with Crippen LogP contribution in [0.3, 0.4) is 0 Å². The summed E-state index contributed by atoms with van der Waals surface area (Å²) in [4.78, 5) is 35.3. The van der Waals surface area contributed by atoms with Crippen LogP contribution in [0.25, 0.3) is 11.1 Å². The lowest BCUT2D eigenvalue weighted by Gasteiger charge is -2.16. The molecule has 3 rings (SSSR count). The molecule has 1 unspecified atom stereocenters. The molecule has 0 spiro atoms. The van der Waals surface area contributed by atoms with Crippen LogP contribution in [0.2, 0.25) is 0 Å². The van der Waals surface area contributed by atoms with Gasteiger partial charge in [-0.05, 0) is 41.5 Å². The second-order valence-corrected chi connectivity index (χ2v) is 9.07. The van der Waals surface area contributed by atoms with Crippen LogP contribution in [0.5, 0.6) is 0 Å². The molecule has 2 aromatic carbocycles. The number of rotatable bonds is 14. The Morgan fingerprint density at radius 2 is 1.60 bits per heavy atom. The molecule has 3 N–H and O–H groups in total. The minimum Gasteiger partial charge on any atom is -0.481 e. The van der Waals surface area contributed by atoms with Crippen molar-refractivity contribution in [2.24, 2.45) is 0 Å². The lowest BCUT2D eigenvalue weighted by atomic mass is 9.98. The van der Waals surface area contributed by atoms with Crippen molar-refractivity contribution in [3.8, 4) is 11.1 Å². The van der Waals surface area contributed by atoms with Crippen LogP contribution in [0.15, 0.2) is 48.5 Å². The van der Waals surface area contributed by atoms with E-state index in [1.165, 1.54) is 22.3 Å². The van der Waals surface area contributed by atoms with Gasteiger partial charge >= 0.3 is 12.1 Å². The molecule has 7 nitrogen and oxygen atoms in total. The zero-order valence-corrected chi connectivity index (χ0v) is 20.4. The van der Waals surface area contributed by atoms with Gasteiger partial charge in [-0.3, -0.25) is 9.59 Å². The smallest absolute Gasteiger partial charge is 0.407 e. The minimum absolute atomic E-state index is 0.0361. The van der Waals surface area contributed by atoms with Crippen LogP contribution in [0, 0.1) is 0 Å². The van der Waals surface area contributed by atoms with E-state index >= 15 is 0 Å². The molecule has 0 saturated carbocycles. The van der Waals surface area contributed by atoms with Crippen molar-refractivity contribution < 1.29 is 24.2 Å². The van der Waals surface area contributed by atoms with Gasteiger partial charge in [0.05, 0.1) is 6.42 Å². The van der Waals surface area contributed by atoms with Crippen molar-refractivity contribution in [1.29, 1.82) is 0 Å². The summed E-state index contributed by atoms with van der Waals surface area (Å²) in [6, 6.07) is 16.1. The number of carbonyl (C=O) groups is 3. The number of unbranched alkanes of at least 4 members (excludes halogenated alkanes) is 3. The highest BCUT2D eigenvalue weighted by molar-refractivity contribution is 5.79. The molecule has 0 heterocycles. The standard InChI is InChI=1S/C28H36N2O5/c1-2-3-11-20(18-27(32)33)30-26(31)16-5-4-10-17-29-28(34)35-19-25-23-14-8-6-12-21(23)22-13-7-9-15-24(22)25/h6-9,12-15,20,25H,2-5,10-11,16-19H2,1H3,(H,29,34)(H,30,31)(H,32,33). The van der Waals surface area contributed by atoms with Gasteiger partial charge in [-0.25, -0.2) is 4.79 Å². The topological polar surface area (TPSA) is 105 Å². The summed E-state index contributed by atoms with van der Waals surface area (Å²) in [6.45, 7) is 2.81. The highest BCUT2D eigenvalue weighted by Gasteiger charge is 2.28. The molecule has 2 aromatic rings. The minimum atomic E-state index is -0.897. The number of carbonyl (C=O) groups excluding carboxylic acids is 2. The Kier molecular flexibility index (Phi) is 10.1. The lowest BCUT2D eigenvalue weighted by molar-refractivity contribution is -0.137. The Morgan fingerprint density at radius 3 is 2.23 bits per heavy atom. The number of carboxylic acids is 1. The van der Waals surface area contributed by atoms with Gasteiger partial charge < -0.3 is 20.5 Å². The van der Waals surface area contributed by atoms with Crippen LogP contribution >= 0.6 is 0 Å². The maximum absolute atomic E-state index is 12.2. The summed E-state index contributed by atoms with van der Waals surface area (Å²) in [5.41, 5.74) is 4.75. The second-order valence-electron chi connectivity index (χ2n) is 9.07. The van der Waals surface area contributed by atoms with Gasteiger partial charge in [0.15, 0.2) is 0 Å². The first-order valence-electron chi connectivity index (χ1n) is 12.6. The van der Waals surface area contributed by atoms with Gasteiger partial charge in [0.2, 0.25) is 5.91 Å². The molecular weight excluding hydrogens is 444 g/mol. The molecule has 0 fully saturated rings. The van der Waals surface area contributed by atoms with Crippen molar-refractivity contribution in [2.75, 3.05) is 13.2 Å². The van der Waals surface area contributed by atoms with E-state index in [0.717, 1.165) is 25.7 Å². The van der Waals surface area contributed by atoms with Crippen molar-refractivity contribution in [2.45, 2.75) is 70.3 Å². The number of hydrogen-bond acceptors (Lipinski definition) is 4. The molecule has 0 bridgehead atoms. The van der Waals surface area contributed by atoms with E-state index in [9.17, 15) is 14.4 Å². The number of carboxylic acid groups (broad SMARTS) is 1. The van der Waals surface area contributed by atoms with Crippen molar-refractivity contribution in [1.82, 2.24) is 10.6 Å². The molecule has 0 radical (unpaired) electrons. The Hall–Kier alpha value is -3.35. The summed E-state index contributed by atoms with van der Waals surface area (Å²) in [5.74, 6) is -0.975. The van der Waals surface area contributed by atoms with Gasteiger partial charge in [0.1, 0.15) is 6.61 Å². The zero-order valence-electron chi connectivity index (χ0n) is 20.4. The molecule has 188 valence electrons. The van der Waals surface area contributed by atoms with Gasteiger partial charge in [0, 0.05) is 24.9 Å². The molecule has 1 aliphatic rings. The SMILES string of the molecule is CCCCC(CC(=O)O)NC(=O)CCCCCNC(=O)OCC1c2ccccc2-c2ccccc21. The average Bonchev–Trinajstić information content (AvgIpc) is 3.16. The highest BCUT2D eigenvalue weighted by atomic mass is 16.5. The molecule has 7 heteroatoms. The summed E-state index contributed by atoms with van der Waals surface area (Å²) in [5, 5.41) is 14.6. The fourth-order valence-corrected chi connectivity index (χ4v) is 4.61. The summed E-state index contributed by atoms with van der Waals surface area (Å²) in [7, 11) is 0. The molecule has 35 heavy (non-hydrogen) atoms. The summed E-state index contributed by atoms with van der Waals surface area (Å²) < 4.78 is 5.53. The van der Waals surface area contributed by atoms with Gasteiger partial charge in [-0.15, -0.1) is 0 Å². The number of benzene rings is 2. The summed E-state index contributed by atoms with van der Waals surface area (Å²) >= 11 is 0. The van der Waals surface area contributed by atoms with Crippen LogP contribution in [0.4, 0.5) is 4.79 Å². The maximum atomic E-state index is 12.2. The molecule has 0 aliphatic heterocycles. The predicted molar refractivity (Wildman–Crippen MR) is 135 cm³/mol. The number of hydrogen-bond donors (Lipinski definition) is 3. The van der Waals surface area contributed by atoms with Crippen molar-refractivity contribution >= 4 is 18.0 Å². The van der Waals surface area contributed by atoms with Crippen LogP contribution in [-0.2, 0) is 14.3 Å². The second kappa shape index (κ2) is 13.5. The molecule has 0 aromatic heterocycles. The van der Waals surface area contributed by atoms with Gasteiger partial charge in [0.25, 0.3) is 0 Å². The number of fused-ring (bicyclic) bond motifs is 3. The Morgan fingerprint density at radius 1 is 0.943 bits per heavy atom.